The molecule has 0 aromatic carbocycles. The molecule has 1 aliphatic rings. The molecule has 2 rings (SSSR count). The molecular weight excluding hydrogens is 206 g/mol. The van der Waals surface area contributed by atoms with Crippen molar-refractivity contribution in [2.45, 2.75) is 12.0 Å². The molecule has 3 N–H and O–H groups in total. The van der Waals surface area contributed by atoms with Crippen molar-refractivity contribution in [1.29, 1.82) is 0 Å². The maximum absolute atomic E-state index is 5.60. The van der Waals surface area contributed by atoms with Crippen LogP contribution in [0.4, 0.5) is 11.6 Å². The normalized spacial score (nSPS) is 24.6. The summed E-state index contributed by atoms with van der Waals surface area (Å²) in [6.07, 6.45) is 0.902. The van der Waals surface area contributed by atoms with Crippen molar-refractivity contribution in [3.05, 3.63) is 18.2 Å². The molecule has 1 aromatic heterocycles. The number of pyridine rings is 1. The van der Waals surface area contributed by atoms with Crippen molar-refractivity contribution in [3.63, 3.8) is 0 Å². The van der Waals surface area contributed by atoms with E-state index in [2.05, 4.69) is 10.3 Å². The predicted molar refractivity (Wildman–Crippen MR) is 62.3 cm³/mol. The summed E-state index contributed by atoms with van der Waals surface area (Å²) in [5.74, 6) is 1.28. The van der Waals surface area contributed by atoms with E-state index in [9.17, 15) is 0 Å². The lowest BCUT2D eigenvalue weighted by Crippen LogP contribution is -2.39. The van der Waals surface area contributed by atoms with Crippen LogP contribution in [0.1, 0.15) is 6.42 Å². The van der Waals surface area contributed by atoms with Crippen molar-refractivity contribution in [2.24, 2.45) is 0 Å². The highest BCUT2D eigenvalue weighted by atomic mass is 16.5. The van der Waals surface area contributed by atoms with Crippen LogP contribution in [0.3, 0.4) is 0 Å². The quantitative estimate of drug-likeness (QED) is 0.793. The topological polar surface area (TPSA) is 69.4 Å². The number of hydrogen-bond donors (Lipinski definition) is 2. The van der Waals surface area contributed by atoms with Gasteiger partial charge in [-0.3, -0.25) is 0 Å². The Morgan fingerprint density at radius 2 is 2.50 bits per heavy atom. The summed E-state index contributed by atoms with van der Waals surface area (Å²) in [6, 6.07) is 5.51. The fraction of sp³-hybridized carbons (Fsp3) is 0.545. The summed E-state index contributed by atoms with van der Waals surface area (Å²) in [6.45, 7) is 2.05. The van der Waals surface area contributed by atoms with Crippen molar-refractivity contribution in [3.8, 4) is 0 Å². The van der Waals surface area contributed by atoms with Gasteiger partial charge in [0.2, 0.25) is 0 Å². The minimum Gasteiger partial charge on any atom is -0.384 e. The van der Waals surface area contributed by atoms with Crippen molar-refractivity contribution >= 4 is 11.6 Å². The van der Waals surface area contributed by atoms with Gasteiger partial charge < -0.3 is 20.5 Å². The minimum atomic E-state index is -0.230. The maximum atomic E-state index is 5.60. The van der Waals surface area contributed by atoms with Gasteiger partial charge in [-0.15, -0.1) is 0 Å². The minimum absolute atomic E-state index is 0.230. The molecule has 1 unspecified atom stereocenters. The zero-order chi connectivity index (χ0) is 11.4. The zero-order valence-corrected chi connectivity index (χ0v) is 9.40. The van der Waals surface area contributed by atoms with Crippen LogP contribution in [-0.2, 0) is 9.47 Å². The Labute approximate surface area is 95.0 Å². The molecule has 0 spiro atoms. The first-order valence-electron chi connectivity index (χ1n) is 5.33. The molecule has 0 bridgehead atoms. The Balaban J connectivity index is 1.95. The highest BCUT2D eigenvalue weighted by molar-refractivity contribution is 5.42. The first kappa shape index (κ1) is 11.2. The van der Waals surface area contributed by atoms with Gasteiger partial charge in [0.1, 0.15) is 17.2 Å². The standard InChI is InChI=1S/C11H17N3O2/c1-15-11(5-6-16-8-11)7-13-10-4-2-3-9(12)14-10/h2-4H,5-8H2,1H3,(H3,12,13,14). The molecular formula is C11H17N3O2. The van der Waals surface area contributed by atoms with Crippen molar-refractivity contribution < 1.29 is 9.47 Å². The number of ether oxygens (including phenoxy) is 2. The Morgan fingerprint density at radius 1 is 1.62 bits per heavy atom. The second-order valence-electron chi connectivity index (χ2n) is 3.99. The Kier molecular flexibility index (Phi) is 3.26. The third-order valence-corrected chi connectivity index (χ3v) is 2.86. The van der Waals surface area contributed by atoms with E-state index in [-0.39, 0.29) is 5.60 Å². The van der Waals surface area contributed by atoms with Crippen LogP contribution in [0.25, 0.3) is 0 Å². The molecule has 1 aliphatic heterocycles. The van der Waals surface area contributed by atoms with Crippen LogP contribution in [0.5, 0.6) is 0 Å². The van der Waals surface area contributed by atoms with Crippen LogP contribution in [-0.4, -0.2) is 37.5 Å². The molecule has 0 aliphatic carbocycles. The number of nitrogen functional groups attached to an aromatic ring is 1. The molecule has 5 heteroatoms. The van der Waals surface area contributed by atoms with Gasteiger partial charge >= 0.3 is 0 Å². The van der Waals surface area contributed by atoms with Crippen LogP contribution >= 0.6 is 0 Å². The van der Waals surface area contributed by atoms with E-state index in [1.807, 2.05) is 12.1 Å². The van der Waals surface area contributed by atoms with E-state index in [0.717, 1.165) is 18.8 Å². The molecule has 5 nitrogen and oxygen atoms in total. The molecule has 88 valence electrons. The Hall–Kier alpha value is -1.33. The molecule has 16 heavy (non-hydrogen) atoms. The zero-order valence-electron chi connectivity index (χ0n) is 9.40. The summed E-state index contributed by atoms with van der Waals surface area (Å²) in [5, 5.41) is 3.22. The summed E-state index contributed by atoms with van der Waals surface area (Å²) in [7, 11) is 1.71. The summed E-state index contributed by atoms with van der Waals surface area (Å²) < 4.78 is 10.9. The number of aromatic nitrogens is 1. The van der Waals surface area contributed by atoms with Crippen molar-refractivity contribution in [1.82, 2.24) is 4.98 Å². The fourth-order valence-electron chi connectivity index (χ4n) is 1.76. The second-order valence-corrected chi connectivity index (χ2v) is 3.99. The molecule has 2 heterocycles. The van der Waals surface area contributed by atoms with E-state index in [4.69, 9.17) is 15.2 Å². The average Bonchev–Trinajstić information content (AvgIpc) is 2.76. The van der Waals surface area contributed by atoms with Gasteiger partial charge in [-0.25, -0.2) is 4.98 Å². The average molecular weight is 223 g/mol. The highest BCUT2D eigenvalue weighted by Crippen LogP contribution is 2.22. The number of methoxy groups -OCH3 is 1. The number of anilines is 2. The number of hydrogen-bond acceptors (Lipinski definition) is 5. The third-order valence-electron chi connectivity index (χ3n) is 2.86. The van der Waals surface area contributed by atoms with E-state index < -0.39 is 0 Å². The van der Waals surface area contributed by atoms with Crippen LogP contribution in [0.15, 0.2) is 18.2 Å². The molecule has 0 saturated carbocycles. The van der Waals surface area contributed by atoms with E-state index in [1.165, 1.54) is 0 Å². The number of nitrogens with one attached hydrogen (secondary N) is 1. The number of nitrogens with zero attached hydrogens (tertiary/aromatic N) is 1. The van der Waals surface area contributed by atoms with E-state index in [1.54, 1.807) is 13.2 Å². The maximum Gasteiger partial charge on any atom is 0.128 e. The van der Waals surface area contributed by atoms with Crippen molar-refractivity contribution in [2.75, 3.05) is 37.9 Å². The smallest absolute Gasteiger partial charge is 0.128 e. The molecule has 0 amide bonds. The van der Waals surface area contributed by atoms with Crippen LogP contribution in [0, 0.1) is 0 Å². The number of nitrogens with two attached hydrogens (primary N) is 1. The molecule has 0 radical (unpaired) electrons. The fourth-order valence-corrected chi connectivity index (χ4v) is 1.76. The lowest BCUT2D eigenvalue weighted by atomic mass is 10.0. The predicted octanol–water partition coefficient (Wildman–Crippen LogP) is 0.881. The molecule has 1 aromatic rings. The Morgan fingerprint density at radius 3 is 3.12 bits per heavy atom. The molecule has 1 fully saturated rings. The summed E-state index contributed by atoms with van der Waals surface area (Å²) >= 11 is 0. The van der Waals surface area contributed by atoms with Crippen LogP contribution < -0.4 is 11.1 Å². The van der Waals surface area contributed by atoms with E-state index in [0.29, 0.717) is 19.0 Å². The first-order valence-corrected chi connectivity index (χ1v) is 5.33. The van der Waals surface area contributed by atoms with E-state index >= 15 is 0 Å². The highest BCUT2D eigenvalue weighted by Gasteiger charge is 2.34. The third kappa shape index (κ3) is 2.43. The van der Waals surface area contributed by atoms with Gasteiger partial charge in [0.05, 0.1) is 6.61 Å². The lowest BCUT2D eigenvalue weighted by molar-refractivity contribution is -0.00625. The van der Waals surface area contributed by atoms with Gasteiger partial charge in [0.15, 0.2) is 0 Å². The van der Waals surface area contributed by atoms with Crippen LogP contribution in [0.2, 0.25) is 0 Å². The lowest BCUT2D eigenvalue weighted by Gasteiger charge is -2.26. The second kappa shape index (κ2) is 4.67. The summed E-state index contributed by atoms with van der Waals surface area (Å²) in [4.78, 5) is 4.17. The molecule has 1 saturated heterocycles. The monoisotopic (exact) mass is 223 g/mol. The van der Waals surface area contributed by atoms with Gasteiger partial charge in [-0.2, -0.15) is 0 Å². The largest absolute Gasteiger partial charge is 0.384 e. The Bertz CT molecular complexity index is 351. The van der Waals surface area contributed by atoms with Gasteiger partial charge in [0.25, 0.3) is 0 Å². The van der Waals surface area contributed by atoms with Gasteiger partial charge in [-0.05, 0) is 12.1 Å². The summed E-state index contributed by atoms with van der Waals surface area (Å²) in [5.41, 5.74) is 5.37. The number of rotatable bonds is 4. The first-order chi connectivity index (χ1) is 7.74. The van der Waals surface area contributed by atoms with Gasteiger partial charge in [0, 0.05) is 26.7 Å². The SMILES string of the molecule is COC1(CNc2cccc(N)n2)CCOC1. The molecule has 1 atom stereocenters. The van der Waals surface area contributed by atoms with Gasteiger partial charge in [-0.1, -0.05) is 6.07 Å².